The second-order valence-corrected chi connectivity index (χ2v) is 4.00. The van der Waals surface area contributed by atoms with Crippen molar-refractivity contribution < 1.29 is 0 Å². The number of hydrogen-bond donors (Lipinski definition) is 1. The molecule has 0 spiro atoms. The summed E-state index contributed by atoms with van der Waals surface area (Å²) in [5, 5.41) is 10.4. The molecule has 2 rings (SSSR count). The Kier molecular flexibility index (Phi) is 1.84. The maximum Gasteiger partial charge on any atom is 0.127 e. The van der Waals surface area contributed by atoms with E-state index >= 15 is 0 Å². The summed E-state index contributed by atoms with van der Waals surface area (Å²) in [4.78, 5) is 0. The number of aromatic nitrogens is 3. The van der Waals surface area contributed by atoms with Crippen LogP contribution in [0.15, 0.2) is 16.6 Å². The van der Waals surface area contributed by atoms with Crippen molar-refractivity contribution in [3.8, 4) is 0 Å². The summed E-state index contributed by atoms with van der Waals surface area (Å²) in [6.07, 6.45) is 0. The molecule has 0 aliphatic carbocycles. The van der Waals surface area contributed by atoms with Gasteiger partial charge in [0.15, 0.2) is 0 Å². The maximum atomic E-state index is 3.94. The van der Waals surface area contributed by atoms with Crippen LogP contribution in [0, 0.1) is 3.57 Å². The molecular formula is C6H3BrIN3. The average Bonchev–Trinajstić information content (AvgIpc) is 2.45. The first kappa shape index (κ1) is 7.48. The molecule has 0 aliphatic rings. The zero-order chi connectivity index (χ0) is 7.84. The van der Waals surface area contributed by atoms with Gasteiger partial charge in [-0.1, -0.05) is 5.21 Å². The molecule has 0 amide bonds. The van der Waals surface area contributed by atoms with Crippen molar-refractivity contribution in [2.24, 2.45) is 0 Å². The Morgan fingerprint density at radius 2 is 2.27 bits per heavy atom. The number of fused-ring (bicyclic) bond motifs is 1. The summed E-state index contributed by atoms with van der Waals surface area (Å²) in [5.41, 5.74) is 1.89. The predicted molar refractivity (Wildman–Crippen MR) is 54.3 cm³/mol. The summed E-state index contributed by atoms with van der Waals surface area (Å²) in [6.45, 7) is 0. The highest BCUT2D eigenvalue weighted by atomic mass is 127. The Morgan fingerprint density at radius 3 is 3.09 bits per heavy atom. The lowest BCUT2D eigenvalue weighted by Gasteiger charge is -1.93. The fourth-order valence-electron chi connectivity index (χ4n) is 0.857. The van der Waals surface area contributed by atoms with Crippen molar-refractivity contribution in [1.29, 1.82) is 0 Å². The summed E-state index contributed by atoms with van der Waals surface area (Å²) >= 11 is 5.64. The fourth-order valence-corrected chi connectivity index (χ4v) is 1.75. The van der Waals surface area contributed by atoms with E-state index in [0.717, 1.165) is 19.1 Å². The number of nitrogens with zero attached hydrogens (tertiary/aromatic N) is 2. The van der Waals surface area contributed by atoms with Crippen LogP contribution >= 0.6 is 38.5 Å². The maximum absolute atomic E-state index is 3.94. The van der Waals surface area contributed by atoms with Gasteiger partial charge in [0.1, 0.15) is 5.52 Å². The number of H-pyrrole nitrogens is 1. The first-order chi connectivity index (χ1) is 5.29. The van der Waals surface area contributed by atoms with E-state index in [2.05, 4.69) is 53.9 Å². The van der Waals surface area contributed by atoms with Crippen molar-refractivity contribution in [2.75, 3.05) is 0 Å². The number of hydrogen-bond acceptors (Lipinski definition) is 2. The van der Waals surface area contributed by atoms with E-state index in [4.69, 9.17) is 0 Å². The Balaban J connectivity index is 2.93. The summed E-state index contributed by atoms with van der Waals surface area (Å²) in [5.74, 6) is 0. The molecule has 56 valence electrons. The van der Waals surface area contributed by atoms with Crippen LogP contribution in [0.25, 0.3) is 11.0 Å². The zero-order valence-corrected chi connectivity index (χ0v) is 9.05. The predicted octanol–water partition coefficient (Wildman–Crippen LogP) is 2.32. The van der Waals surface area contributed by atoms with Crippen molar-refractivity contribution in [3.63, 3.8) is 0 Å². The molecule has 1 aromatic carbocycles. The van der Waals surface area contributed by atoms with Crippen LogP contribution in [0.4, 0.5) is 0 Å². The van der Waals surface area contributed by atoms with Crippen LogP contribution in [0.1, 0.15) is 0 Å². The first-order valence-electron chi connectivity index (χ1n) is 2.94. The van der Waals surface area contributed by atoms with Crippen molar-refractivity contribution in [3.05, 3.63) is 20.2 Å². The molecule has 0 fully saturated rings. The van der Waals surface area contributed by atoms with Crippen molar-refractivity contribution >= 4 is 49.6 Å². The second-order valence-electron chi connectivity index (χ2n) is 2.07. The molecule has 11 heavy (non-hydrogen) atoms. The van der Waals surface area contributed by atoms with Gasteiger partial charge in [-0.25, -0.2) is 0 Å². The molecule has 2 aromatic rings. The summed E-state index contributed by atoms with van der Waals surface area (Å²) < 4.78 is 2.15. The molecule has 5 heteroatoms. The minimum atomic E-state index is 0.917. The normalized spacial score (nSPS) is 10.7. The quantitative estimate of drug-likeness (QED) is 0.756. The smallest absolute Gasteiger partial charge is 0.127 e. The summed E-state index contributed by atoms with van der Waals surface area (Å²) in [7, 11) is 0. The van der Waals surface area contributed by atoms with Gasteiger partial charge in [0.2, 0.25) is 0 Å². The minimum absolute atomic E-state index is 0.917. The average molecular weight is 324 g/mol. The first-order valence-corrected chi connectivity index (χ1v) is 4.81. The third kappa shape index (κ3) is 1.16. The van der Waals surface area contributed by atoms with E-state index in [0.29, 0.717) is 0 Å². The third-order valence-corrected chi connectivity index (χ3v) is 3.88. The van der Waals surface area contributed by atoms with Gasteiger partial charge in [-0.3, -0.25) is 5.10 Å². The van der Waals surface area contributed by atoms with Gasteiger partial charge in [0.05, 0.1) is 9.09 Å². The zero-order valence-electron chi connectivity index (χ0n) is 5.31. The van der Waals surface area contributed by atoms with Crippen molar-refractivity contribution in [1.82, 2.24) is 15.4 Å². The molecule has 0 aliphatic heterocycles. The topological polar surface area (TPSA) is 41.6 Å². The Hall–Kier alpha value is -0.170. The van der Waals surface area contributed by atoms with E-state index in [1.165, 1.54) is 0 Å². The van der Waals surface area contributed by atoms with Crippen LogP contribution < -0.4 is 0 Å². The molecule has 1 N–H and O–H groups in total. The second kappa shape index (κ2) is 2.71. The molecule has 1 aromatic heterocycles. The van der Waals surface area contributed by atoms with E-state index < -0.39 is 0 Å². The van der Waals surface area contributed by atoms with E-state index in [1.807, 2.05) is 12.1 Å². The molecule has 3 nitrogen and oxygen atoms in total. The van der Waals surface area contributed by atoms with Crippen LogP contribution in [0.2, 0.25) is 0 Å². The monoisotopic (exact) mass is 323 g/mol. The van der Waals surface area contributed by atoms with Gasteiger partial charge in [-0.05, 0) is 50.7 Å². The number of benzene rings is 1. The molecule has 0 bridgehead atoms. The van der Waals surface area contributed by atoms with Crippen molar-refractivity contribution in [2.45, 2.75) is 0 Å². The van der Waals surface area contributed by atoms with Gasteiger partial charge in [0, 0.05) is 4.47 Å². The molecule has 0 saturated carbocycles. The molecule has 0 radical (unpaired) electrons. The minimum Gasteiger partial charge on any atom is -0.258 e. The fraction of sp³-hybridized carbons (Fsp3) is 0. The molecule has 1 heterocycles. The van der Waals surface area contributed by atoms with Gasteiger partial charge >= 0.3 is 0 Å². The lowest BCUT2D eigenvalue weighted by molar-refractivity contribution is 0.959. The van der Waals surface area contributed by atoms with E-state index in [9.17, 15) is 0 Å². The van der Waals surface area contributed by atoms with Gasteiger partial charge in [-0.2, -0.15) is 0 Å². The SMILES string of the molecule is Brc1ccc2[nH]nnc2c1I. The highest BCUT2D eigenvalue weighted by Crippen LogP contribution is 2.24. The van der Waals surface area contributed by atoms with Crippen LogP contribution in [-0.2, 0) is 0 Å². The molecule has 0 atom stereocenters. The Morgan fingerprint density at radius 1 is 1.45 bits per heavy atom. The molecule has 0 saturated heterocycles. The number of nitrogens with one attached hydrogen (secondary N) is 1. The van der Waals surface area contributed by atoms with Crippen LogP contribution in [-0.4, -0.2) is 15.4 Å². The highest BCUT2D eigenvalue weighted by Gasteiger charge is 2.04. The van der Waals surface area contributed by atoms with Crippen LogP contribution in [0.3, 0.4) is 0 Å². The standard InChI is InChI=1S/C6H3BrIN3/c7-3-1-2-4-6(5(3)8)10-11-9-4/h1-2H,(H,9,10,11). The number of rotatable bonds is 0. The lowest BCUT2D eigenvalue weighted by atomic mass is 10.3. The lowest BCUT2D eigenvalue weighted by Crippen LogP contribution is -1.77. The Bertz CT molecular complexity index is 398. The van der Waals surface area contributed by atoms with E-state index in [1.54, 1.807) is 0 Å². The van der Waals surface area contributed by atoms with Crippen LogP contribution in [0.5, 0.6) is 0 Å². The number of halogens is 2. The van der Waals surface area contributed by atoms with Gasteiger partial charge in [0.25, 0.3) is 0 Å². The largest absolute Gasteiger partial charge is 0.258 e. The van der Waals surface area contributed by atoms with E-state index in [-0.39, 0.29) is 0 Å². The summed E-state index contributed by atoms with van der Waals surface area (Å²) in [6, 6.07) is 3.92. The molecule has 0 unspecified atom stereocenters. The Labute approximate surface area is 84.8 Å². The number of aromatic amines is 1. The highest BCUT2D eigenvalue weighted by molar-refractivity contribution is 14.1. The van der Waals surface area contributed by atoms with Gasteiger partial charge in [-0.15, -0.1) is 5.10 Å². The molecular weight excluding hydrogens is 321 g/mol. The van der Waals surface area contributed by atoms with Gasteiger partial charge < -0.3 is 0 Å². The third-order valence-electron chi connectivity index (χ3n) is 1.39.